The molecule has 0 bridgehead atoms. The van der Waals surface area contributed by atoms with Gasteiger partial charge in [-0.2, -0.15) is 18.2 Å². The molecule has 0 spiro atoms. The number of aromatic nitrogens is 3. The van der Waals surface area contributed by atoms with Crippen LogP contribution in [0.1, 0.15) is 18.4 Å². The van der Waals surface area contributed by atoms with Gasteiger partial charge in [0, 0.05) is 30.1 Å². The summed E-state index contributed by atoms with van der Waals surface area (Å²) < 4.78 is 40.2. The topological polar surface area (TPSA) is 62.7 Å². The molecule has 4 rings (SSSR count). The summed E-state index contributed by atoms with van der Waals surface area (Å²) in [6, 6.07) is 9.03. The van der Waals surface area contributed by atoms with Crippen molar-refractivity contribution >= 4 is 29.1 Å². The highest BCUT2D eigenvalue weighted by Crippen LogP contribution is 2.40. The molecule has 0 atom stereocenters. The van der Waals surface area contributed by atoms with Crippen LogP contribution in [0.15, 0.2) is 48.8 Å². The van der Waals surface area contributed by atoms with E-state index in [2.05, 4.69) is 25.6 Å². The number of hydrogen-bond donors (Lipinski definition) is 2. The van der Waals surface area contributed by atoms with Crippen molar-refractivity contribution in [2.45, 2.75) is 25.1 Å². The normalized spacial score (nSPS) is 14.0. The number of nitrogens with one attached hydrogen (secondary N) is 2. The SMILES string of the molecule is FC(F)(F)c1cccc(Cl)c1Nc1cc(-c2ccncc2)nc(NC2CC2)n1. The molecule has 1 aliphatic rings. The molecule has 2 aromatic heterocycles. The molecule has 3 aromatic rings. The van der Waals surface area contributed by atoms with Crippen LogP contribution in [-0.4, -0.2) is 21.0 Å². The Kier molecular flexibility index (Phi) is 4.80. The fraction of sp³-hybridized carbons (Fsp3) is 0.211. The summed E-state index contributed by atoms with van der Waals surface area (Å²) in [6.07, 6.45) is 0.703. The number of alkyl halides is 3. The Morgan fingerprint density at radius 2 is 1.79 bits per heavy atom. The fourth-order valence-electron chi connectivity index (χ4n) is 2.67. The summed E-state index contributed by atoms with van der Waals surface area (Å²) in [4.78, 5) is 12.8. The minimum absolute atomic E-state index is 0.0457. The minimum atomic E-state index is -4.55. The van der Waals surface area contributed by atoms with Gasteiger partial charge in [-0.1, -0.05) is 17.7 Å². The van der Waals surface area contributed by atoms with Crippen molar-refractivity contribution in [2.75, 3.05) is 10.6 Å². The van der Waals surface area contributed by atoms with Gasteiger partial charge in [-0.25, -0.2) is 4.98 Å². The second-order valence-electron chi connectivity index (χ2n) is 6.40. The van der Waals surface area contributed by atoms with Crippen LogP contribution in [0.5, 0.6) is 0 Å². The lowest BCUT2D eigenvalue weighted by Gasteiger charge is -2.16. The zero-order chi connectivity index (χ0) is 19.7. The second-order valence-corrected chi connectivity index (χ2v) is 6.81. The van der Waals surface area contributed by atoms with Gasteiger partial charge in [0.15, 0.2) is 0 Å². The Morgan fingerprint density at radius 3 is 2.46 bits per heavy atom. The van der Waals surface area contributed by atoms with E-state index >= 15 is 0 Å². The summed E-state index contributed by atoms with van der Waals surface area (Å²) in [7, 11) is 0. The average molecular weight is 406 g/mol. The third-order valence-corrected chi connectivity index (χ3v) is 4.50. The average Bonchev–Trinajstić information content (AvgIpc) is 3.47. The van der Waals surface area contributed by atoms with E-state index in [0.29, 0.717) is 11.6 Å². The Labute approximate surface area is 164 Å². The van der Waals surface area contributed by atoms with Gasteiger partial charge < -0.3 is 10.6 Å². The Balaban J connectivity index is 1.76. The molecule has 0 unspecified atom stereocenters. The molecule has 2 heterocycles. The lowest BCUT2D eigenvalue weighted by Crippen LogP contribution is -2.11. The van der Waals surface area contributed by atoms with Crippen LogP contribution in [-0.2, 0) is 6.18 Å². The van der Waals surface area contributed by atoms with Crippen LogP contribution in [0.4, 0.5) is 30.6 Å². The van der Waals surface area contributed by atoms with Gasteiger partial charge in [0.1, 0.15) is 5.82 Å². The van der Waals surface area contributed by atoms with E-state index in [-0.39, 0.29) is 22.6 Å². The summed E-state index contributed by atoms with van der Waals surface area (Å²) in [5.74, 6) is 0.559. The number of hydrogen-bond acceptors (Lipinski definition) is 5. The van der Waals surface area contributed by atoms with Crippen molar-refractivity contribution < 1.29 is 13.2 Å². The summed E-state index contributed by atoms with van der Waals surface area (Å²) >= 11 is 6.05. The Bertz CT molecular complexity index is 991. The van der Waals surface area contributed by atoms with Gasteiger partial charge >= 0.3 is 6.18 Å². The van der Waals surface area contributed by atoms with Gasteiger partial charge in [-0.3, -0.25) is 4.98 Å². The molecule has 1 fully saturated rings. The van der Waals surface area contributed by atoms with Gasteiger partial charge in [-0.15, -0.1) is 0 Å². The molecule has 144 valence electrons. The molecule has 5 nitrogen and oxygen atoms in total. The highest BCUT2D eigenvalue weighted by Gasteiger charge is 2.34. The number of benzene rings is 1. The summed E-state index contributed by atoms with van der Waals surface area (Å²) in [5, 5.41) is 5.87. The van der Waals surface area contributed by atoms with Crippen LogP contribution < -0.4 is 10.6 Å². The maximum Gasteiger partial charge on any atom is 0.418 e. The lowest BCUT2D eigenvalue weighted by atomic mass is 10.1. The Morgan fingerprint density at radius 1 is 1.04 bits per heavy atom. The first-order valence-corrected chi connectivity index (χ1v) is 8.97. The predicted molar refractivity (Wildman–Crippen MR) is 102 cm³/mol. The van der Waals surface area contributed by atoms with Crippen molar-refractivity contribution in [3.63, 3.8) is 0 Å². The molecule has 28 heavy (non-hydrogen) atoms. The molecular formula is C19H15ClF3N5. The molecule has 0 saturated heterocycles. The zero-order valence-electron chi connectivity index (χ0n) is 14.5. The Hall–Kier alpha value is -2.87. The maximum atomic E-state index is 13.4. The molecule has 0 amide bonds. The maximum absolute atomic E-state index is 13.4. The van der Waals surface area contributed by atoms with E-state index < -0.39 is 11.7 Å². The molecule has 1 saturated carbocycles. The number of halogens is 4. The number of pyridine rings is 1. The van der Waals surface area contributed by atoms with Crippen LogP contribution >= 0.6 is 11.6 Å². The van der Waals surface area contributed by atoms with E-state index in [1.807, 2.05) is 0 Å². The molecule has 0 aliphatic heterocycles. The fourth-order valence-corrected chi connectivity index (χ4v) is 2.89. The van der Waals surface area contributed by atoms with Gasteiger partial charge in [0.25, 0.3) is 0 Å². The predicted octanol–water partition coefficient (Wildman–Crippen LogP) is 5.53. The van der Waals surface area contributed by atoms with Crippen LogP contribution in [0, 0.1) is 0 Å². The molecule has 1 aromatic carbocycles. The molecule has 9 heteroatoms. The van der Waals surface area contributed by atoms with Crippen LogP contribution in [0.25, 0.3) is 11.3 Å². The van der Waals surface area contributed by atoms with E-state index in [1.165, 1.54) is 12.1 Å². The molecular weight excluding hydrogens is 391 g/mol. The van der Waals surface area contributed by atoms with Crippen LogP contribution in [0.3, 0.4) is 0 Å². The van der Waals surface area contributed by atoms with Crippen molar-refractivity contribution in [3.8, 4) is 11.3 Å². The molecule has 2 N–H and O–H groups in total. The number of anilines is 3. The first-order chi connectivity index (χ1) is 13.4. The third-order valence-electron chi connectivity index (χ3n) is 4.18. The quantitative estimate of drug-likeness (QED) is 0.584. The van der Waals surface area contributed by atoms with Crippen LogP contribution in [0.2, 0.25) is 5.02 Å². The van der Waals surface area contributed by atoms with Gasteiger partial charge in [0.2, 0.25) is 5.95 Å². The number of nitrogens with zero attached hydrogens (tertiary/aromatic N) is 3. The number of para-hydroxylation sites is 1. The standard InChI is InChI=1S/C19H15ClF3N5/c20-14-3-1-2-13(19(21,22)23)17(14)27-16-10-15(11-6-8-24-9-7-11)26-18(28-16)25-12-4-5-12/h1-3,6-10,12H,4-5H2,(H2,25,26,27,28). The smallest absolute Gasteiger partial charge is 0.351 e. The van der Waals surface area contributed by atoms with E-state index in [9.17, 15) is 13.2 Å². The zero-order valence-corrected chi connectivity index (χ0v) is 15.2. The van der Waals surface area contributed by atoms with Crippen molar-refractivity contribution in [1.29, 1.82) is 0 Å². The second kappa shape index (κ2) is 7.27. The van der Waals surface area contributed by atoms with Gasteiger partial charge in [-0.05, 0) is 37.1 Å². The van der Waals surface area contributed by atoms with E-state index in [0.717, 1.165) is 24.5 Å². The monoisotopic (exact) mass is 405 g/mol. The van der Waals surface area contributed by atoms with Crippen molar-refractivity contribution in [1.82, 2.24) is 15.0 Å². The third kappa shape index (κ3) is 4.17. The minimum Gasteiger partial charge on any atom is -0.351 e. The van der Waals surface area contributed by atoms with E-state index in [1.54, 1.807) is 30.6 Å². The van der Waals surface area contributed by atoms with Crippen molar-refractivity contribution in [3.05, 3.63) is 59.4 Å². The largest absolute Gasteiger partial charge is 0.418 e. The molecule has 1 aliphatic carbocycles. The summed E-state index contributed by atoms with van der Waals surface area (Å²) in [6.45, 7) is 0. The lowest BCUT2D eigenvalue weighted by molar-refractivity contribution is -0.136. The van der Waals surface area contributed by atoms with Crippen molar-refractivity contribution in [2.24, 2.45) is 0 Å². The summed E-state index contributed by atoms with van der Waals surface area (Å²) in [5.41, 5.74) is 0.229. The highest BCUT2D eigenvalue weighted by atomic mass is 35.5. The molecule has 0 radical (unpaired) electrons. The first-order valence-electron chi connectivity index (χ1n) is 8.59. The van der Waals surface area contributed by atoms with E-state index in [4.69, 9.17) is 11.6 Å². The van der Waals surface area contributed by atoms with Gasteiger partial charge in [0.05, 0.1) is 22.0 Å². The highest BCUT2D eigenvalue weighted by molar-refractivity contribution is 6.33. The first kappa shape index (κ1) is 18.5. The number of rotatable bonds is 5.